The number of nitro benzene ring substituents is 1. The molecule has 0 unspecified atom stereocenters. The first-order chi connectivity index (χ1) is 15.9. The molecule has 8 nitrogen and oxygen atoms in total. The van der Waals surface area contributed by atoms with E-state index in [-0.39, 0.29) is 35.8 Å². The van der Waals surface area contributed by atoms with Crippen LogP contribution in [-0.2, 0) is 17.9 Å². The lowest BCUT2D eigenvalue weighted by molar-refractivity contribution is -0.386. The fraction of sp³-hybridized carbons (Fsp3) is 0.0833. The molecule has 4 rings (SSSR count). The van der Waals surface area contributed by atoms with Crippen LogP contribution in [0, 0.1) is 15.9 Å². The molecule has 1 heterocycles. The number of hydrogen-bond acceptors (Lipinski definition) is 5. The summed E-state index contributed by atoms with van der Waals surface area (Å²) in [5.74, 6) is -1.11. The first-order valence-electron chi connectivity index (χ1n) is 9.95. The van der Waals surface area contributed by atoms with E-state index in [0.717, 1.165) is 10.5 Å². The highest BCUT2D eigenvalue weighted by Gasteiger charge is 2.34. The number of nitrogens with zero attached hydrogens (tertiary/aromatic N) is 2. The van der Waals surface area contributed by atoms with Crippen molar-refractivity contribution in [1.29, 1.82) is 0 Å². The maximum Gasteiger partial charge on any atom is 0.329 e. The highest BCUT2D eigenvalue weighted by Crippen LogP contribution is 2.30. The summed E-state index contributed by atoms with van der Waals surface area (Å²) in [5.41, 5.74) is 1.03. The quantitative estimate of drug-likeness (QED) is 0.250. The molecule has 0 aliphatic carbocycles. The van der Waals surface area contributed by atoms with Gasteiger partial charge >= 0.3 is 11.7 Å². The van der Waals surface area contributed by atoms with Crippen molar-refractivity contribution in [3.05, 3.63) is 111 Å². The van der Waals surface area contributed by atoms with Gasteiger partial charge in [0, 0.05) is 11.6 Å². The third-order valence-electron chi connectivity index (χ3n) is 4.98. The Hall–Kier alpha value is -4.53. The second kappa shape index (κ2) is 9.31. The zero-order valence-corrected chi connectivity index (χ0v) is 17.2. The number of nitrogens with one attached hydrogen (secondary N) is 1. The summed E-state index contributed by atoms with van der Waals surface area (Å²) in [6.45, 7) is -0.0806. The molecule has 3 amide bonds. The number of halogens is 1. The van der Waals surface area contributed by atoms with Crippen molar-refractivity contribution in [1.82, 2.24) is 10.2 Å². The van der Waals surface area contributed by atoms with Crippen molar-refractivity contribution in [3.63, 3.8) is 0 Å². The maximum absolute atomic E-state index is 13.9. The van der Waals surface area contributed by atoms with E-state index in [2.05, 4.69) is 5.32 Å². The van der Waals surface area contributed by atoms with Gasteiger partial charge in [0.15, 0.2) is 5.75 Å². The minimum absolute atomic E-state index is 0.0661. The van der Waals surface area contributed by atoms with Gasteiger partial charge in [-0.2, -0.15) is 0 Å². The van der Waals surface area contributed by atoms with Gasteiger partial charge in [-0.05, 0) is 29.3 Å². The molecule has 1 aliphatic heterocycles. The van der Waals surface area contributed by atoms with Gasteiger partial charge in [-0.1, -0.05) is 54.6 Å². The van der Waals surface area contributed by atoms with Crippen LogP contribution < -0.4 is 10.1 Å². The van der Waals surface area contributed by atoms with Gasteiger partial charge in [-0.15, -0.1) is 0 Å². The number of amides is 3. The molecule has 0 bridgehead atoms. The number of nitro groups is 1. The minimum Gasteiger partial charge on any atom is -0.482 e. The first kappa shape index (κ1) is 21.7. The third kappa shape index (κ3) is 4.87. The highest BCUT2D eigenvalue weighted by atomic mass is 19.1. The molecule has 1 fully saturated rings. The van der Waals surface area contributed by atoms with Gasteiger partial charge in [0.25, 0.3) is 5.91 Å². The molecule has 1 N–H and O–H groups in total. The molecule has 0 radical (unpaired) electrons. The summed E-state index contributed by atoms with van der Waals surface area (Å²) in [7, 11) is 0. The average molecular weight is 447 g/mol. The molecule has 0 atom stereocenters. The Kier molecular flexibility index (Phi) is 6.12. The van der Waals surface area contributed by atoms with Crippen LogP contribution in [0.1, 0.15) is 16.7 Å². The predicted molar refractivity (Wildman–Crippen MR) is 117 cm³/mol. The Morgan fingerprint density at radius 1 is 1.03 bits per heavy atom. The van der Waals surface area contributed by atoms with Gasteiger partial charge < -0.3 is 10.1 Å². The van der Waals surface area contributed by atoms with Crippen molar-refractivity contribution in [3.8, 4) is 5.75 Å². The van der Waals surface area contributed by atoms with Crippen LogP contribution in [0.2, 0.25) is 0 Å². The summed E-state index contributed by atoms with van der Waals surface area (Å²) < 4.78 is 19.5. The van der Waals surface area contributed by atoms with Crippen LogP contribution >= 0.6 is 0 Å². The molecule has 0 aromatic heterocycles. The van der Waals surface area contributed by atoms with Crippen molar-refractivity contribution >= 4 is 23.7 Å². The SMILES string of the molecule is O=C1N/C(=C/c2ccc(OCc3ccccc3)c([N+](=O)[O-])c2)C(=O)N1Cc1ccccc1F. The number of urea groups is 1. The standard InChI is InChI=1S/C24H18FN3O5/c25-19-9-5-4-8-18(19)14-27-23(29)20(26-24(27)30)12-17-10-11-22(21(13-17)28(31)32)33-15-16-6-2-1-3-7-16/h1-13H,14-15H2,(H,26,30)/b20-12+. The molecule has 1 aliphatic rings. The molecular weight excluding hydrogens is 429 g/mol. The Morgan fingerprint density at radius 3 is 2.48 bits per heavy atom. The van der Waals surface area contributed by atoms with Crippen LogP contribution in [0.5, 0.6) is 5.75 Å². The van der Waals surface area contributed by atoms with Crippen LogP contribution in [0.15, 0.2) is 78.5 Å². The molecule has 166 valence electrons. The normalized spacial score (nSPS) is 14.5. The zero-order valence-electron chi connectivity index (χ0n) is 17.2. The van der Waals surface area contributed by atoms with Crippen molar-refractivity contribution in [2.24, 2.45) is 0 Å². The lowest BCUT2D eigenvalue weighted by atomic mass is 10.1. The predicted octanol–water partition coefficient (Wildman–Crippen LogP) is 4.41. The number of imide groups is 1. The molecule has 0 saturated carbocycles. The summed E-state index contributed by atoms with van der Waals surface area (Å²) in [6.07, 6.45) is 1.33. The molecular formula is C24H18FN3O5. The van der Waals surface area contributed by atoms with Gasteiger partial charge in [-0.25, -0.2) is 9.18 Å². The summed E-state index contributed by atoms with van der Waals surface area (Å²) in [5, 5.41) is 14.0. The van der Waals surface area contributed by atoms with E-state index in [1.54, 1.807) is 12.1 Å². The molecule has 3 aromatic carbocycles. The lowest BCUT2D eigenvalue weighted by Crippen LogP contribution is -2.30. The second-order valence-corrected chi connectivity index (χ2v) is 7.23. The number of carbonyl (C=O) groups excluding carboxylic acids is 2. The number of benzene rings is 3. The molecule has 3 aromatic rings. The summed E-state index contributed by atoms with van der Waals surface area (Å²) in [6, 6.07) is 18.6. The largest absolute Gasteiger partial charge is 0.482 e. The molecule has 33 heavy (non-hydrogen) atoms. The topological polar surface area (TPSA) is 102 Å². The Bertz CT molecular complexity index is 1260. The molecule has 0 spiro atoms. The van der Waals surface area contributed by atoms with Crippen LogP contribution in [0.3, 0.4) is 0 Å². The fourth-order valence-corrected chi connectivity index (χ4v) is 3.30. The summed E-state index contributed by atoms with van der Waals surface area (Å²) >= 11 is 0. The van der Waals surface area contributed by atoms with Crippen LogP contribution in [0.25, 0.3) is 6.08 Å². The van der Waals surface area contributed by atoms with Gasteiger partial charge in [-0.3, -0.25) is 19.8 Å². The third-order valence-corrected chi connectivity index (χ3v) is 4.98. The van der Waals surface area contributed by atoms with Gasteiger partial charge in [0.2, 0.25) is 0 Å². The monoisotopic (exact) mass is 447 g/mol. The van der Waals surface area contributed by atoms with Gasteiger partial charge in [0.05, 0.1) is 11.5 Å². The van der Waals surface area contributed by atoms with E-state index in [1.165, 1.54) is 36.4 Å². The van der Waals surface area contributed by atoms with E-state index in [1.807, 2.05) is 30.3 Å². The van der Waals surface area contributed by atoms with Crippen LogP contribution in [-0.4, -0.2) is 21.8 Å². The second-order valence-electron chi connectivity index (χ2n) is 7.23. The van der Waals surface area contributed by atoms with Crippen LogP contribution in [0.4, 0.5) is 14.9 Å². The van der Waals surface area contributed by atoms with E-state index in [0.29, 0.717) is 5.56 Å². The van der Waals surface area contributed by atoms with E-state index in [4.69, 9.17) is 4.74 Å². The van der Waals surface area contributed by atoms with E-state index >= 15 is 0 Å². The Balaban J connectivity index is 1.54. The van der Waals surface area contributed by atoms with Crippen molar-refractivity contribution in [2.75, 3.05) is 0 Å². The van der Waals surface area contributed by atoms with Gasteiger partial charge in [0.1, 0.15) is 18.1 Å². The van der Waals surface area contributed by atoms with Crippen molar-refractivity contribution in [2.45, 2.75) is 13.2 Å². The first-order valence-corrected chi connectivity index (χ1v) is 9.95. The zero-order chi connectivity index (χ0) is 23.4. The fourth-order valence-electron chi connectivity index (χ4n) is 3.30. The molecule has 1 saturated heterocycles. The van der Waals surface area contributed by atoms with E-state index < -0.39 is 22.7 Å². The Labute approximate surface area is 188 Å². The minimum atomic E-state index is -0.702. The number of ether oxygens (including phenoxy) is 1. The average Bonchev–Trinajstić information content (AvgIpc) is 3.07. The number of carbonyl (C=O) groups is 2. The lowest BCUT2D eigenvalue weighted by Gasteiger charge is -2.12. The van der Waals surface area contributed by atoms with E-state index in [9.17, 15) is 24.1 Å². The highest BCUT2D eigenvalue weighted by molar-refractivity contribution is 6.13. The smallest absolute Gasteiger partial charge is 0.329 e. The maximum atomic E-state index is 13.9. The number of hydrogen-bond donors (Lipinski definition) is 1. The number of rotatable bonds is 7. The molecule has 9 heteroatoms. The Morgan fingerprint density at radius 2 is 1.76 bits per heavy atom. The summed E-state index contributed by atoms with van der Waals surface area (Å²) in [4.78, 5) is 36.8. The van der Waals surface area contributed by atoms with Crippen molar-refractivity contribution < 1.29 is 23.6 Å².